The summed E-state index contributed by atoms with van der Waals surface area (Å²) in [4.78, 5) is 14.7. The number of benzene rings is 4. The zero-order valence-electron chi connectivity index (χ0n) is 32.5. The summed E-state index contributed by atoms with van der Waals surface area (Å²) in [5, 5.41) is 2.63. The van der Waals surface area contributed by atoms with E-state index in [1.807, 2.05) is 12.1 Å². The smallest absolute Gasteiger partial charge is 1.00 e. The second kappa shape index (κ2) is 24.3. The number of aromatic nitrogens is 1. The molecule has 0 amide bonds. The van der Waals surface area contributed by atoms with E-state index in [0.717, 1.165) is 70.4 Å². The van der Waals surface area contributed by atoms with E-state index >= 15 is 0 Å². The number of carbonyl (C=O) groups is 1. The van der Waals surface area contributed by atoms with Crippen molar-refractivity contribution in [3.63, 3.8) is 0 Å². The van der Waals surface area contributed by atoms with E-state index in [-0.39, 0.29) is 45.2 Å². The van der Waals surface area contributed by atoms with E-state index in [2.05, 4.69) is 91.6 Å². The van der Waals surface area contributed by atoms with Gasteiger partial charge in [-0.15, -0.1) is 11.8 Å². The second-order valence-corrected chi connectivity index (χ2v) is 15.8. The Morgan fingerprint density at radius 3 is 1.82 bits per heavy atom. The Balaban J connectivity index is 0.000000246. The van der Waals surface area contributed by atoms with Crippen LogP contribution in [0.1, 0.15) is 41.3 Å². The van der Waals surface area contributed by atoms with Crippen LogP contribution in [-0.2, 0) is 19.3 Å². The van der Waals surface area contributed by atoms with Gasteiger partial charge < -0.3 is 34.8 Å². The van der Waals surface area contributed by atoms with Crippen molar-refractivity contribution in [2.45, 2.75) is 32.1 Å². The standard InChI is InChI=1S/C22H23NO2S2.C10H9BrO3.C10H11BrO2.B.Na.H/c26-22(7-3-4-17-15-23-19-6-2-1-5-18(17)19)27-13-10-16-8-9-20-21(14-16)25-12-11-24-20;11-6-8(12)7-1-2-9-10(5-7)14-4-3-13-9;11-4-3-8-1-2-9-10(7-8)13-6-5-12-9;;;/h1-2,5-6,8-9,14-15,23H,3-4,7,10-13H2;1-2,5H,3-4,6H2;1-2,7H,3-6H2;;;/q;;;;+1;-1. The Morgan fingerprint density at radius 2 is 1.23 bits per heavy atom. The fourth-order valence-corrected chi connectivity index (χ4v) is 8.04. The van der Waals surface area contributed by atoms with Gasteiger partial charge in [-0.2, -0.15) is 0 Å². The van der Waals surface area contributed by atoms with Gasteiger partial charge in [0, 0.05) is 46.4 Å². The van der Waals surface area contributed by atoms with Crippen molar-refractivity contribution in [1.82, 2.24) is 4.98 Å². The molecule has 3 aliphatic heterocycles. The average molecular weight is 933 g/mol. The number of hydrogen-bond donors (Lipinski definition) is 1. The number of rotatable bonds is 11. The molecule has 0 saturated heterocycles. The fourth-order valence-electron chi connectivity index (χ4n) is 6.01. The molecular weight excluding hydrogens is 888 g/mol. The van der Waals surface area contributed by atoms with Crippen LogP contribution in [0.3, 0.4) is 0 Å². The number of carbonyl (C=O) groups excluding carboxylic acids is 1. The second-order valence-electron chi connectivity index (χ2n) is 12.5. The molecule has 5 aromatic rings. The molecule has 0 spiro atoms. The van der Waals surface area contributed by atoms with Crippen molar-refractivity contribution in [2.24, 2.45) is 0 Å². The minimum Gasteiger partial charge on any atom is -1.00 e. The van der Waals surface area contributed by atoms with Gasteiger partial charge in [-0.1, -0.05) is 74.4 Å². The summed E-state index contributed by atoms with van der Waals surface area (Å²) in [6, 6.07) is 26.0. The molecule has 4 aromatic carbocycles. The predicted molar refractivity (Wildman–Crippen MR) is 235 cm³/mol. The number of aromatic amines is 1. The van der Waals surface area contributed by atoms with Gasteiger partial charge in [0.2, 0.25) is 0 Å². The minimum absolute atomic E-state index is 0. The van der Waals surface area contributed by atoms with Crippen molar-refractivity contribution < 1.29 is 64.2 Å². The summed E-state index contributed by atoms with van der Waals surface area (Å²) in [6.07, 6.45) is 7.29. The fraction of sp³-hybridized carbons (Fsp3) is 0.333. The molecule has 3 radical (unpaired) electrons. The molecule has 3 aliphatic rings. The zero-order valence-corrected chi connectivity index (χ0v) is 38.3. The number of Topliss-reactive ketones (excluding diaryl/α,β-unsaturated/α-hetero) is 1. The summed E-state index contributed by atoms with van der Waals surface area (Å²) in [6.45, 7) is 3.69. The number of fused-ring (bicyclic) bond motifs is 4. The third-order valence-electron chi connectivity index (χ3n) is 8.74. The molecule has 8 nitrogen and oxygen atoms in total. The van der Waals surface area contributed by atoms with Crippen molar-refractivity contribution >= 4 is 85.1 Å². The summed E-state index contributed by atoms with van der Waals surface area (Å²) < 4.78 is 33.9. The van der Waals surface area contributed by atoms with Gasteiger partial charge in [-0.25, -0.2) is 0 Å². The zero-order chi connectivity index (χ0) is 37.5. The van der Waals surface area contributed by atoms with Gasteiger partial charge in [0.25, 0.3) is 0 Å². The molecule has 0 atom stereocenters. The Morgan fingerprint density at radius 1 is 0.696 bits per heavy atom. The first kappa shape index (κ1) is 46.0. The van der Waals surface area contributed by atoms with Gasteiger partial charge in [-0.3, -0.25) is 4.79 Å². The number of thiocarbonyl (C=S) groups is 1. The van der Waals surface area contributed by atoms with Gasteiger partial charge in [0.05, 0.1) is 5.33 Å². The Bertz CT molecular complexity index is 2040. The van der Waals surface area contributed by atoms with E-state index in [1.54, 1.807) is 30.0 Å². The first-order chi connectivity index (χ1) is 26.5. The number of nitrogens with one attached hydrogen (secondary N) is 1. The molecule has 0 bridgehead atoms. The number of ketones is 1. The van der Waals surface area contributed by atoms with Gasteiger partial charge >= 0.3 is 29.6 Å². The Labute approximate surface area is 381 Å². The van der Waals surface area contributed by atoms with Crippen LogP contribution in [0, 0.1) is 0 Å². The topological polar surface area (TPSA) is 88.2 Å². The number of hydrogen-bond acceptors (Lipinski definition) is 9. The van der Waals surface area contributed by atoms with Crippen LogP contribution in [-0.4, -0.2) is 79.4 Å². The van der Waals surface area contributed by atoms with E-state index < -0.39 is 0 Å². The number of H-pyrrole nitrogens is 1. The van der Waals surface area contributed by atoms with Gasteiger partial charge in [0.1, 0.15) is 39.6 Å². The van der Waals surface area contributed by atoms with E-state index in [1.165, 1.54) is 27.6 Å². The molecule has 0 unspecified atom stereocenters. The van der Waals surface area contributed by atoms with E-state index in [0.29, 0.717) is 62.0 Å². The number of alkyl halides is 2. The summed E-state index contributed by atoms with van der Waals surface area (Å²) >= 11 is 13.9. The summed E-state index contributed by atoms with van der Waals surface area (Å²) in [7, 11) is 0. The molecular formula is C42H44BBr2NNaO7S2. The number of thioether (sulfide) groups is 1. The molecule has 289 valence electrons. The number of aryl methyl sites for hydroxylation is 3. The molecule has 0 aliphatic carbocycles. The average Bonchev–Trinajstić information content (AvgIpc) is 3.63. The summed E-state index contributed by atoms with van der Waals surface area (Å²) in [5.74, 6) is 5.88. The molecule has 4 heterocycles. The van der Waals surface area contributed by atoms with Crippen molar-refractivity contribution in [2.75, 3.05) is 56.1 Å². The van der Waals surface area contributed by atoms with Crippen molar-refractivity contribution in [1.29, 1.82) is 0 Å². The summed E-state index contributed by atoms with van der Waals surface area (Å²) in [5.41, 5.74) is 5.79. The number of halogens is 2. The Hall–Kier alpha value is -2.65. The molecule has 56 heavy (non-hydrogen) atoms. The molecule has 1 N–H and O–H groups in total. The SMILES string of the molecule is BrCCc1ccc2c(c1)OCCO2.O=C(CBr)c1ccc2c(c1)OCCO2.S=C(CCCc1c[nH]c2ccccc12)SCCc1ccc2c(c1)OCCO2.[B].[H-].[Na+]. The van der Waals surface area contributed by atoms with Crippen molar-refractivity contribution in [3.05, 3.63) is 107 Å². The van der Waals surface area contributed by atoms with Crippen LogP contribution in [0.15, 0.2) is 85.1 Å². The third kappa shape index (κ3) is 13.5. The van der Waals surface area contributed by atoms with Gasteiger partial charge in [0.15, 0.2) is 40.3 Å². The van der Waals surface area contributed by atoms with Crippen LogP contribution in [0.4, 0.5) is 0 Å². The minimum atomic E-state index is 0. The maximum Gasteiger partial charge on any atom is 1.00 e. The Kier molecular flexibility index (Phi) is 20.0. The quantitative estimate of drug-likeness (QED) is 0.0671. The van der Waals surface area contributed by atoms with Crippen LogP contribution in [0.25, 0.3) is 10.9 Å². The maximum atomic E-state index is 11.4. The van der Waals surface area contributed by atoms with E-state index in [9.17, 15) is 4.79 Å². The molecule has 14 heteroatoms. The monoisotopic (exact) mass is 930 g/mol. The number of ether oxygens (including phenoxy) is 6. The van der Waals surface area contributed by atoms with Crippen LogP contribution in [0.2, 0.25) is 0 Å². The van der Waals surface area contributed by atoms with Crippen LogP contribution in [0.5, 0.6) is 34.5 Å². The largest absolute Gasteiger partial charge is 1.00 e. The number of para-hydroxylation sites is 1. The predicted octanol–water partition coefficient (Wildman–Crippen LogP) is 6.73. The van der Waals surface area contributed by atoms with Crippen molar-refractivity contribution in [3.8, 4) is 34.5 Å². The normalized spacial score (nSPS) is 13.0. The third-order valence-corrected chi connectivity index (χ3v) is 11.1. The van der Waals surface area contributed by atoms with Crippen LogP contribution < -0.4 is 58.0 Å². The molecule has 0 fully saturated rings. The van der Waals surface area contributed by atoms with E-state index in [4.69, 9.17) is 40.6 Å². The molecule has 1 aromatic heterocycles. The first-order valence-corrected chi connectivity index (χ1v) is 21.7. The first-order valence-electron chi connectivity index (χ1n) is 18.0. The molecule has 0 saturated carbocycles. The van der Waals surface area contributed by atoms with Gasteiger partial charge in [-0.05, 0) is 97.3 Å². The molecule has 8 rings (SSSR count). The maximum absolute atomic E-state index is 11.4. The van der Waals surface area contributed by atoms with Crippen LogP contribution >= 0.6 is 55.8 Å².